The summed E-state index contributed by atoms with van der Waals surface area (Å²) in [7, 11) is 0. The van der Waals surface area contributed by atoms with Crippen molar-refractivity contribution in [3.05, 3.63) is 101 Å². The summed E-state index contributed by atoms with van der Waals surface area (Å²) < 4.78 is 0. The van der Waals surface area contributed by atoms with Gasteiger partial charge in [-0.2, -0.15) is 5.26 Å². The van der Waals surface area contributed by atoms with Crippen LogP contribution in [-0.4, -0.2) is 39.3 Å². The highest BCUT2D eigenvalue weighted by atomic mass is 35.5. The van der Waals surface area contributed by atoms with Crippen molar-refractivity contribution < 1.29 is 14.7 Å². The number of aromatic nitrogens is 2. The van der Waals surface area contributed by atoms with Crippen LogP contribution in [0.5, 0.6) is 5.75 Å². The van der Waals surface area contributed by atoms with Crippen molar-refractivity contribution in [1.82, 2.24) is 9.97 Å². The lowest BCUT2D eigenvalue weighted by atomic mass is 9.94. The second-order valence-corrected chi connectivity index (χ2v) is 10.5. The van der Waals surface area contributed by atoms with Gasteiger partial charge in [0.1, 0.15) is 17.1 Å². The number of fused-ring (bicyclic) bond motifs is 5. The Morgan fingerprint density at radius 1 is 0.951 bits per heavy atom. The molecule has 0 saturated carbocycles. The summed E-state index contributed by atoms with van der Waals surface area (Å²) >= 11 is 6.35. The molecule has 1 aliphatic rings. The van der Waals surface area contributed by atoms with Crippen LogP contribution in [0.2, 0.25) is 0 Å². The molecule has 6 aromatic rings. The van der Waals surface area contributed by atoms with Gasteiger partial charge in [-0.05, 0) is 65.5 Å². The molecule has 4 N–H and O–H groups in total. The molecule has 4 aromatic carbocycles. The molecule has 0 spiro atoms. The van der Waals surface area contributed by atoms with Crippen LogP contribution in [-0.2, 0) is 0 Å². The zero-order valence-corrected chi connectivity index (χ0v) is 22.3. The van der Waals surface area contributed by atoms with Crippen LogP contribution in [0, 0.1) is 11.3 Å². The number of H-pyrrole nitrogens is 2. The van der Waals surface area contributed by atoms with Gasteiger partial charge in [0.05, 0.1) is 17.3 Å². The largest absolute Gasteiger partial charge is 0.507 e. The maximum Gasteiger partial charge on any atom is 0.274 e. The quantitative estimate of drug-likeness (QED) is 0.181. The third kappa shape index (κ3) is 4.06. The number of nitrogens with zero attached hydrogens (tertiary/aromatic N) is 2. The maximum atomic E-state index is 13.8. The first-order valence-electron chi connectivity index (χ1n) is 13.0. The highest BCUT2D eigenvalue weighted by molar-refractivity contribution is 6.19. The fourth-order valence-electron chi connectivity index (χ4n) is 5.73. The number of hydrogen-bond donors (Lipinski definition) is 4. The average molecular weight is 560 g/mol. The number of aromatic hydroxyl groups is 1. The molecule has 0 aliphatic carbocycles. The van der Waals surface area contributed by atoms with Gasteiger partial charge in [-0.1, -0.05) is 18.2 Å². The lowest BCUT2D eigenvalue weighted by Crippen LogP contribution is -2.30. The Hall–Kier alpha value is -5.26. The number of nitrogens with one attached hydrogen (secondary N) is 3. The number of carbonyl (C=O) groups excluding carboxylic acids is 2. The Labute approximate surface area is 238 Å². The van der Waals surface area contributed by atoms with Crippen molar-refractivity contribution in [2.45, 2.75) is 5.92 Å². The maximum absolute atomic E-state index is 13.8. The first-order chi connectivity index (χ1) is 19.9. The lowest BCUT2D eigenvalue weighted by molar-refractivity contribution is 0.0982. The van der Waals surface area contributed by atoms with E-state index in [9.17, 15) is 20.0 Å². The predicted molar refractivity (Wildman–Crippen MR) is 160 cm³/mol. The molecule has 0 fully saturated rings. The van der Waals surface area contributed by atoms with Gasteiger partial charge in [0.2, 0.25) is 0 Å². The molecule has 0 bridgehead atoms. The molecule has 1 atom stereocenters. The Kier molecular flexibility index (Phi) is 5.70. The zero-order chi connectivity index (χ0) is 28.2. The van der Waals surface area contributed by atoms with Crippen LogP contribution in [0.4, 0.5) is 11.4 Å². The third-order valence-corrected chi connectivity index (χ3v) is 8.05. The number of phenols is 1. The molecule has 9 heteroatoms. The molecule has 3 heterocycles. The minimum absolute atomic E-state index is 0.0308. The first kappa shape index (κ1) is 24.8. The summed E-state index contributed by atoms with van der Waals surface area (Å²) in [5.41, 5.74) is 4.92. The van der Waals surface area contributed by atoms with Crippen molar-refractivity contribution in [3.8, 4) is 11.8 Å². The Bertz CT molecular complexity index is 2050. The molecular formula is C32H22ClN5O3. The first-order valence-corrected chi connectivity index (χ1v) is 13.6. The summed E-state index contributed by atoms with van der Waals surface area (Å²) in [6.45, 7) is 0.341. The number of benzene rings is 4. The van der Waals surface area contributed by atoms with Crippen molar-refractivity contribution in [2.24, 2.45) is 0 Å². The number of halogens is 1. The average Bonchev–Trinajstić information content (AvgIpc) is 3.71. The zero-order valence-electron chi connectivity index (χ0n) is 21.5. The molecule has 7 rings (SSSR count). The van der Waals surface area contributed by atoms with Crippen LogP contribution < -0.4 is 10.2 Å². The van der Waals surface area contributed by atoms with Crippen LogP contribution in [0.1, 0.15) is 38.0 Å². The standard InChI is InChI=1S/C32H22ClN5O3/c33-14-20-16-38(28-13-29(39)22-7-5-17(15-34)9-23(22)30(20)28)32(41)27-12-19-10-21(6-8-25(19)37-27)35-31(40)26-11-18-3-1-2-4-24(18)36-26/h1-13,20,36-37,39H,14,16H2,(H,35,40)/t20-/m1/s1. The van der Waals surface area contributed by atoms with Crippen molar-refractivity contribution in [2.75, 3.05) is 22.6 Å². The van der Waals surface area contributed by atoms with E-state index in [0.29, 0.717) is 45.6 Å². The fraction of sp³-hybridized carbons (Fsp3) is 0.0938. The van der Waals surface area contributed by atoms with E-state index >= 15 is 0 Å². The topological polar surface area (TPSA) is 125 Å². The summed E-state index contributed by atoms with van der Waals surface area (Å²) in [4.78, 5) is 34.6. The van der Waals surface area contributed by atoms with E-state index in [1.165, 1.54) is 0 Å². The van der Waals surface area contributed by atoms with E-state index in [4.69, 9.17) is 11.6 Å². The van der Waals surface area contributed by atoms with Crippen LogP contribution in [0.25, 0.3) is 32.6 Å². The molecule has 0 saturated heterocycles. The summed E-state index contributed by atoms with van der Waals surface area (Å²) in [5, 5.41) is 26.1. The Morgan fingerprint density at radius 3 is 2.54 bits per heavy atom. The molecule has 1 aliphatic heterocycles. The Balaban J connectivity index is 1.20. The number of hydrogen-bond acceptors (Lipinski definition) is 4. The number of phenolic OH excluding ortho intramolecular Hbond substituents is 1. The van der Waals surface area contributed by atoms with E-state index in [2.05, 4.69) is 21.4 Å². The third-order valence-electron chi connectivity index (χ3n) is 7.68. The van der Waals surface area contributed by atoms with E-state index in [0.717, 1.165) is 27.4 Å². The fourth-order valence-corrected chi connectivity index (χ4v) is 5.98. The van der Waals surface area contributed by atoms with E-state index in [1.807, 2.05) is 36.4 Å². The van der Waals surface area contributed by atoms with E-state index in [-0.39, 0.29) is 29.4 Å². The van der Waals surface area contributed by atoms with Crippen LogP contribution in [0.3, 0.4) is 0 Å². The number of rotatable bonds is 4. The van der Waals surface area contributed by atoms with Gasteiger partial charge >= 0.3 is 0 Å². The number of amides is 2. The number of nitriles is 1. The van der Waals surface area contributed by atoms with Gasteiger partial charge in [-0.25, -0.2) is 0 Å². The molecule has 41 heavy (non-hydrogen) atoms. The number of aromatic amines is 2. The van der Waals surface area contributed by atoms with E-state index in [1.54, 1.807) is 47.4 Å². The molecule has 0 unspecified atom stereocenters. The summed E-state index contributed by atoms with van der Waals surface area (Å²) in [6, 6.07) is 25.5. The number of para-hydroxylation sites is 1. The molecular weight excluding hydrogens is 538 g/mol. The Morgan fingerprint density at radius 2 is 1.73 bits per heavy atom. The van der Waals surface area contributed by atoms with Gasteiger partial charge in [-0.15, -0.1) is 11.6 Å². The van der Waals surface area contributed by atoms with Crippen LogP contribution in [0.15, 0.2) is 78.9 Å². The van der Waals surface area contributed by atoms with E-state index < -0.39 is 0 Å². The lowest BCUT2D eigenvalue weighted by Gasteiger charge is -2.17. The minimum atomic E-state index is -0.270. The molecule has 8 nitrogen and oxygen atoms in total. The second-order valence-electron chi connectivity index (χ2n) is 10.2. The highest BCUT2D eigenvalue weighted by Crippen LogP contribution is 2.46. The van der Waals surface area contributed by atoms with Crippen LogP contribution >= 0.6 is 11.6 Å². The van der Waals surface area contributed by atoms with Crippen molar-refractivity contribution >= 4 is 67.4 Å². The highest BCUT2D eigenvalue weighted by Gasteiger charge is 2.35. The number of anilines is 2. The van der Waals surface area contributed by atoms with Gasteiger partial charge in [0, 0.05) is 57.3 Å². The SMILES string of the molecule is N#Cc1ccc2c(O)cc3c(c2c1)[C@H](CCl)CN3C(=O)c1cc2cc(NC(=O)c3cc4ccccc4[nH]3)ccc2[nH]1. The monoisotopic (exact) mass is 559 g/mol. The summed E-state index contributed by atoms with van der Waals surface area (Å²) in [6.07, 6.45) is 0. The predicted octanol–water partition coefficient (Wildman–Crippen LogP) is 6.61. The number of carbonyl (C=O) groups is 2. The normalized spacial score (nSPS) is 14.4. The second kappa shape index (κ2) is 9.44. The van der Waals surface area contributed by atoms with Gasteiger partial charge < -0.3 is 25.3 Å². The molecule has 0 radical (unpaired) electrons. The number of alkyl halides is 1. The minimum Gasteiger partial charge on any atom is -0.507 e. The van der Waals surface area contributed by atoms with Gasteiger partial charge in [-0.3, -0.25) is 9.59 Å². The molecule has 200 valence electrons. The smallest absolute Gasteiger partial charge is 0.274 e. The van der Waals surface area contributed by atoms with Crippen molar-refractivity contribution in [1.29, 1.82) is 5.26 Å². The van der Waals surface area contributed by atoms with Crippen molar-refractivity contribution in [3.63, 3.8) is 0 Å². The van der Waals surface area contributed by atoms with Gasteiger partial charge in [0.15, 0.2) is 0 Å². The molecule has 2 amide bonds. The van der Waals surface area contributed by atoms with Gasteiger partial charge in [0.25, 0.3) is 11.8 Å². The summed E-state index contributed by atoms with van der Waals surface area (Å²) in [5.74, 6) is -0.389. The molecule has 2 aromatic heterocycles.